The van der Waals surface area contributed by atoms with Gasteiger partial charge in [0.1, 0.15) is 0 Å². The number of hydrogen-bond donors (Lipinski definition) is 1. The van der Waals surface area contributed by atoms with Crippen LogP contribution < -0.4 is 11.0 Å². The first-order valence-electron chi connectivity index (χ1n) is 6.91. The van der Waals surface area contributed by atoms with E-state index in [-0.39, 0.29) is 18.1 Å². The van der Waals surface area contributed by atoms with Crippen molar-refractivity contribution < 1.29 is 0 Å². The number of fused-ring (bicyclic) bond motifs is 1. The third-order valence-electron chi connectivity index (χ3n) is 3.72. The molecule has 2 aromatic heterocycles. The van der Waals surface area contributed by atoms with Gasteiger partial charge in [-0.05, 0) is 29.3 Å². The average molecular weight is 319 g/mol. The van der Waals surface area contributed by atoms with Crippen molar-refractivity contribution in [2.45, 2.75) is 13.1 Å². The summed E-state index contributed by atoms with van der Waals surface area (Å²) in [5.41, 5.74) is 4.24. The van der Waals surface area contributed by atoms with Crippen molar-refractivity contribution in [3.63, 3.8) is 0 Å². The minimum absolute atomic E-state index is 0. The molecule has 3 aromatic rings. The maximum absolute atomic E-state index is 11.9. The van der Waals surface area contributed by atoms with Crippen LogP contribution in [0.15, 0.2) is 47.5 Å². The van der Waals surface area contributed by atoms with Crippen LogP contribution in [0.2, 0.25) is 0 Å². The van der Waals surface area contributed by atoms with E-state index in [0.717, 1.165) is 35.2 Å². The molecule has 0 spiro atoms. The summed E-state index contributed by atoms with van der Waals surface area (Å²) in [5, 5.41) is 3.39. The summed E-state index contributed by atoms with van der Waals surface area (Å²) in [4.78, 5) is 16.0. The van der Waals surface area contributed by atoms with Gasteiger partial charge in [0.2, 0.25) is 0 Å². The lowest BCUT2D eigenvalue weighted by atomic mass is 10.2. The zero-order chi connectivity index (χ0) is 14.8. The number of rotatable bonds is 4. The molecule has 0 aliphatic heterocycles. The van der Waals surface area contributed by atoms with Crippen molar-refractivity contribution in [2.75, 3.05) is 0 Å². The number of nitrogens with zero attached hydrogens (tertiary/aromatic N) is 3. The van der Waals surface area contributed by atoms with E-state index in [2.05, 4.69) is 22.4 Å². The number of aryl methyl sites for hydroxylation is 2. The zero-order valence-electron chi connectivity index (χ0n) is 12.6. The van der Waals surface area contributed by atoms with Crippen molar-refractivity contribution in [3.8, 4) is 0 Å². The van der Waals surface area contributed by atoms with Crippen LogP contribution in [-0.2, 0) is 27.2 Å². The van der Waals surface area contributed by atoms with Crippen LogP contribution in [0.4, 0.5) is 0 Å². The molecule has 116 valence electrons. The summed E-state index contributed by atoms with van der Waals surface area (Å²) in [6.07, 6.45) is 3.63. The third kappa shape index (κ3) is 3.05. The fraction of sp³-hybridized carbons (Fsp3) is 0.250. The molecule has 6 heteroatoms. The zero-order valence-corrected chi connectivity index (χ0v) is 13.4. The van der Waals surface area contributed by atoms with Crippen LogP contribution in [-0.4, -0.2) is 14.1 Å². The lowest BCUT2D eigenvalue weighted by Crippen LogP contribution is -2.19. The molecule has 22 heavy (non-hydrogen) atoms. The molecule has 0 atom stereocenters. The highest BCUT2D eigenvalue weighted by Crippen LogP contribution is 2.14. The van der Waals surface area contributed by atoms with E-state index in [9.17, 15) is 4.79 Å². The molecular weight excluding hydrogens is 300 g/mol. The Morgan fingerprint density at radius 1 is 1.05 bits per heavy atom. The molecule has 0 saturated carbocycles. The van der Waals surface area contributed by atoms with Gasteiger partial charge in [-0.2, -0.15) is 0 Å². The predicted octanol–water partition coefficient (Wildman–Crippen LogP) is 1.98. The Labute approximate surface area is 135 Å². The minimum atomic E-state index is 0. The van der Waals surface area contributed by atoms with Crippen LogP contribution in [0.3, 0.4) is 0 Å². The van der Waals surface area contributed by atoms with Gasteiger partial charge in [-0.15, -0.1) is 12.4 Å². The molecule has 1 N–H and O–H groups in total. The second kappa shape index (κ2) is 6.77. The highest BCUT2D eigenvalue weighted by Gasteiger charge is 2.07. The Morgan fingerprint density at radius 2 is 1.77 bits per heavy atom. The van der Waals surface area contributed by atoms with Crippen LogP contribution in [0.25, 0.3) is 11.0 Å². The summed E-state index contributed by atoms with van der Waals surface area (Å²) in [6.45, 7) is 1.54. The van der Waals surface area contributed by atoms with E-state index in [4.69, 9.17) is 0 Å². The lowest BCUT2D eigenvalue weighted by molar-refractivity contribution is 0.691. The normalized spacial score (nSPS) is 10.6. The van der Waals surface area contributed by atoms with Crippen molar-refractivity contribution in [1.29, 1.82) is 0 Å². The Morgan fingerprint density at radius 3 is 2.50 bits per heavy atom. The topological polar surface area (TPSA) is 51.9 Å². The van der Waals surface area contributed by atoms with Gasteiger partial charge in [0, 0.05) is 39.6 Å². The van der Waals surface area contributed by atoms with Gasteiger partial charge in [0.25, 0.3) is 0 Å². The number of pyridine rings is 1. The second-order valence-electron chi connectivity index (χ2n) is 5.19. The summed E-state index contributed by atoms with van der Waals surface area (Å²) in [6, 6.07) is 10.1. The van der Waals surface area contributed by atoms with Crippen molar-refractivity contribution in [2.24, 2.45) is 14.1 Å². The van der Waals surface area contributed by atoms with Gasteiger partial charge in [0.15, 0.2) is 0 Å². The van der Waals surface area contributed by atoms with Crippen molar-refractivity contribution in [3.05, 3.63) is 64.3 Å². The molecule has 1 aromatic carbocycles. The Balaban J connectivity index is 0.00000176. The fourth-order valence-corrected chi connectivity index (χ4v) is 2.52. The monoisotopic (exact) mass is 318 g/mol. The molecule has 5 nitrogen and oxygen atoms in total. The maximum atomic E-state index is 11.9. The molecule has 0 amide bonds. The van der Waals surface area contributed by atoms with E-state index in [1.54, 1.807) is 29.4 Å². The summed E-state index contributed by atoms with van der Waals surface area (Å²) in [5.74, 6) is 0. The van der Waals surface area contributed by atoms with E-state index in [1.807, 2.05) is 24.4 Å². The summed E-state index contributed by atoms with van der Waals surface area (Å²) >= 11 is 0. The van der Waals surface area contributed by atoms with Gasteiger partial charge >= 0.3 is 5.69 Å². The first-order valence-corrected chi connectivity index (χ1v) is 6.91. The van der Waals surface area contributed by atoms with Crippen LogP contribution in [0, 0.1) is 0 Å². The third-order valence-corrected chi connectivity index (χ3v) is 3.72. The summed E-state index contributed by atoms with van der Waals surface area (Å²) in [7, 11) is 3.60. The van der Waals surface area contributed by atoms with Gasteiger partial charge < -0.3 is 5.32 Å². The quantitative estimate of drug-likeness (QED) is 0.800. The highest BCUT2D eigenvalue weighted by atomic mass is 35.5. The molecule has 0 aliphatic rings. The smallest absolute Gasteiger partial charge is 0.309 e. The van der Waals surface area contributed by atoms with Crippen molar-refractivity contribution in [1.82, 2.24) is 19.4 Å². The molecule has 2 heterocycles. The second-order valence-corrected chi connectivity index (χ2v) is 5.19. The number of hydrogen-bond acceptors (Lipinski definition) is 3. The number of nitrogens with one attached hydrogen (secondary N) is 1. The Kier molecular flexibility index (Phi) is 5.00. The van der Waals surface area contributed by atoms with Crippen molar-refractivity contribution >= 4 is 23.4 Å². The lowest BCUT2D eigenvalue weighted by Gasteiger charge is -2.05. The molecule has 0 saturated heterocycles. The van der Waals surface area contributed by atoms with E-state index < -0.39 is 0 Å². The number of imidazole rings is 1. The minimum Gasteiger partial charge on any atom is -0.309 e. The Bertz CT molecular complexity index is 823. The Hall–Kier alpha value is -2.11. The average Bonchev–Trinajstić information content (AvgIpc) is 2.73. The van der Waals surface area contributed by atoms with E-state index >= 15 is 0 Å². The SMILES string of the molecule is Cl.Cn1c(=O)n(C)c2cc(CNCc3cccnc3)ccc21. The standard InChI is InChI=1S/C16H18N4O.ClH/c1-19-14-6-5-12(8-15(14)20(2)16(19)21)9-18-11-13-4-3-7-17-10-13;/h3-8,10,18H,9,11H2,1-2H3;1H. The van der Waals surface area contributed by atoms with E-state index in [1.165, 1.54) is 0 Å². The predicted molar refractivity (Wildman–Crippen MR) is 90.2 cm³/mol. The molecule has 3 rings (SSSR count). The van der Waals surface area contributed by atoms with Crippen LogP contribution in [0.1, 0.15) is 11.1 Å². The van der Waals surface area contributed by atoms with Gasteiger partial charge in [-0.25, -0.2) is 4.79 Å². The van der Waals surface area contributed by atoms with Gasteiger partial charge in [-0.1, -0.05) is 12.1 Å². The van der Waals surface area contributed by atoms with Crippen LogP contribution in [0.5, 0.6) is 0 Å². The largest absolute Gasteiger partial charge is 0.328 e. The van der Waals surface area contributed by atoms with Gasteiger partial charge in [-0.3, -0.25) is 14.1 Å². The fourth-order valence-electron chi connectivity index (χ4n) is 2.52. The molecule has 0 bridgehead atoms. The molecule has 0 radical (unpaired) electrons. The molecule has 0 aliphatic carbocycles. The first-order chi connectivity index (χ1) is 10.2. The number of aromatic nitrogens is 3. The summed E-state index contributed by atoms with van der Waals surface area (Å²) < 4.78 is 3.35. The van der Waals surface area contributed by atoms with Crippen LogP contribution >= 0.6 is 12.4 Å². The number of halogens is 1. The van der Waals surface area contributed by atoms with Gasteiger partial charge in [0.05, 0.1) is 11.0 Å². The molecule has 0 unspecified atom stereocenters. The maximum Gasteiger partial charge on any atom is 0.328 e. The molecule has 0 fully saturated rings. The van der Waals surface area contributed by atoms with E-state index in [0.29, 0.717) is 0 Å². The first kappa shape index (κ1) is 16.3. The highest BCUT2D eigenvalue weighted by molar-refractivity contribution is 5.85. The molecular formula is C16H19ClN4O. The number of benzene rings is 1.